The maximum absolute atomic E-state index is 10.8. The normalized spacial score (nSPS) is 9.95. The smallest absolute Gasteiger partial charge is 0.308 e. The summed E-state index contributed by atoms with van der Waals surface area (Å²) in [4.78, 5) is 10.8. The van der Waals surface area contributed by atoms with Gasteiger partial charge in [0.2, 0.25) is 0 Å². The highest BCUT2D eigenvalue weighted by atomic mass is 16.5. The molecule has 0 radical (unpaired) electrons. The maximum Gasteiger partial charge on any atom is 0.308 e. The SMILES string of the molecule is CC(=O)Oc1ccc(NCCc2ccccc2)cc1. The molecule has 0 fully saturated rings. The van der Waals surface area contributed by atoms with E-state index in [0.29, 0.717) is 5.75 Å². The van der Waals surface area contributed by atoms with Crippen molar-refractivity contribution >= 4 is 11.7 Å². The quantitative estimate of drug-likeness (QED) is 0.658. The summed E-state index contributed by atoms with van der Waals surface area (Å²) in [6.45, 7) is 2.27. The molecule has 0 atom stereocenters. The van der Waals surface area contributed by atoms with Gasteiger partial charge >= 0.3 is 5.97 Å². The van der Waals surface area contributed by atoms with Crippen LogP contribution in [0.4, 0.5) is 5.69 Å². The zero-order chi connectivity index (χ0) is 13.5. The third kappa shape index (κ3) is 4.47. The molecule has 0 aliphatic carbocycles. The van der Waals surface area contributed by atoms with Crippen LogP contribution in [0.15, 0.2) is 54.6 Å². The van der Waals surface area contributed by atoms with Crippen molar-refractivity contribution in [1.82, 2.24) is 0 Å². The van der Waals surface area contributed by atoms with Crippen molar-refractivity contribution < 1.29 is 9.53 Å². The van der Waals surface area contributed by atoms with Gasteiger partial charge in [0.15, 0.2) is 0 Å². The number of carbonyl (C=O) groups is 1. The molecule has 2 aromatic rings. The standard InChI is InChI=1S/C16H17NO2/c1-13(18)19-16-9-7-15(8-10-16)17-12-11-14-5-3-2-4-6-14/h2-10,17H,11-12H2,1H3. The van der Waals surface area contributed by atoms with Crippen molar-refractivity contribution in [2.24, 2.45) is 0 Å². The van der Waals surface area contributed by atoms with Crippen LogP contribution in [0.2, 0.25) is 0 Å². The van der Waals surface area contributed by atoms with Crippen LogP contribution in [0.3, 0.4) is 0 Å². The molecule has 3 nitrogen and oxygen atoms in total. The van der Waals surface area contributed by atoms with Gasteiger partial charge in [-0.25, -0.2) is 0 Å². The highest BCUT2D eigenvalue weighted by molar-refractivity contribution is 5.69. The minimum Gasteiger partial charge on any atom is -0.427 e. The molecular formula is C16H17NO2. The summed E-state index contributed by atoms with van der Waals surface area (Å²) in [5.41, 5.74) is 2.33. The van der Waals surface area contributed by atoms with E-state index in [1.54, 1.807) is 12.1 Å². The van der Waals surface area contributed by atoms with Crippen LogP contribution in [-0.2, 0) is 11.2 Å². The summed E-state index contributed by atoms with van der Waals surface area (Å²) >= 11 is 0. The first kappa shape index (κ1) is 13.1. The van der Waals surface area contributed by atoms with E-state index >= 15 is 0 Å². The Bertz CT molecular complexity index is 520. The van der Waals surface area contributed by atoms with Crippen molar-refractivity contribution in [1.29, 1.82) is 0 Å². The number of anilines is 1. The first-order chi connectivity index (χ1) is 9.24. The van der Waals surface area contributed by atoms with Crippen molar-refractivity contribution in [3.05, 3.63) is 60.2 Å². The van der Waals surface area contributed by atoms with Crippen molar-refractivity contribution in [2.75, 3.05) is 11.9 Å². The minimum atomic E-state index is -0.301. The molecule has 0 heterocycles. The molecule has 98 valence electrons. The number of nitrogens with one attached hydrogen (secondary N) is 1. The summed E-state index contributed by atoms with van der Waals surface area (Å²) < 4.78 is 4.98. The fourth-order valence-electron chi connectivity index (χ4n) is 1.80. The molecule has 0 aliphatic heterocycles. The molecular weight excluding hydrogens is 238 g/mol. The molecule has 0 spiro atoms. The molecule has 0 aromatic heterocycles. The van der Waals surface area contributed by atoms with E-state index in [4.69, 9.17) is 4.74 Å². The monoisotopic (exact) mass is 255 g/mol. The van der Waals surface area contributed by atoms with Crippen molar-refractivity contribution in [3.63, 3.8) is 0 Å². The van der Waals surface area contributed by atoms with Crippen LogP contribution < -0.4 is 10.1 Å². The average molecular weight is 255 g/mol. The van der Waals surface area contributed by atoms with E-state index in [1.807, 2.05) is 30.3 Å². The Morgan fingerprint density at radius 1 is 1.05 bits per heavy atom. The summed E-state index contributed by atoms with van der Waals surface area (Å²) in [6.07, 6.45) is 0.979. The van der Waals surface area contributed by atoms with E-state index in [0.717, 1.165) is 18.7 Å². The number of rotatable bonds is 5. The Balaban J connectivity index is 1.81. The Morgan fingerprint density at radius 2 is 1.74 bits per heavy atom. The zero-order valence-corrected chi connectivity index (χ0v) is 10.9. The van der Waals surface area contributed by atoms with Crippen LogP contribution in [-0.4, -0.2) is 12.5 Å². The lowest BCUT2D eigenvalue weighted by molar-refractivity contribution is -0.131. The average Bonchev–Trinajstić information content (AvgIpc) is 2.41. The lowest BCUT2D eigenvalue weighted by atomic mass is 10.1. The van der Waals surface area contributed by atoms with E-state index < -0.39 is 0 Å². The summed E-state index contributed by atoms with van der Waals surface area (Å²) in [7, 11) is 0. The second-order valence-electron chi connectivity index (χ2n) is 4.28. The zero-order valence-electron chi connectivity index (χ0n) is 10.9. The van der Waals surface area contributed by atoms with Gasteiger partial charge in [-0.1, -0.05) is 30.3 Å². The van der Waals surface area contributed by atoms with Gasteiger partial charge in [0.1, 0.15) is 5.75 Å². The van der Waals surface area contributed by atoms with Crippen LogP contribution in [0.5, 0.6) is 5.75 Å². The summed E-state index contributed by atoms with van der Waals surface area (Å²) in [5.74, 6) is 0.269. The highest BCUT2D eigenvalue weighted by Crippen LogP contribution is 2.15. The highest BCUT2D eigenvalue weighted by Gasteiger charge is 1.98. The third-order valence-electron chi connectivity index (χ3n) is 2.70. The second kappa shape index (κ2) is 6.59. The molecule has 2 aromatic carbocycles. The number of hydrogen-bond donors (Lipinski definition) is 1. The van der Waals surface area contributed by atoms with Crippen LogP contribution in [0, 0.1) is 0 Å². The lowest BCUT2D eigenvalue weighted by Gasteiger charge is -2.07. The van der Waals surface area contributed by atoms with Gasteiger partial charge in [0, 0.05) is 19.2 Å². The number of ether oxygens (including phenoxy) is 1. The van der Waals surface area contributed by atoms with Gasteiger partial charge in [-0.05, 0) is 36.2 Å². The van der Waals surface area contributed by atoms with E-state index in [9.17, 15) is 4.79 Å². The number of hydrogen-bond acceptors (Lipinski definition) is 3. The summed E-state index contributed by atoms with van der Waals surface area (Å²) in [6, 6.07) is 17.7. The molecule has 0 amide bonds. The third-order valence-corrected chi connectivity index (χ3v) is 2.70. The maximum atomic E-state index is 10.8. The Labute approximate surface area is 113 Å². The molecule has 2 rings (SSSR count). The first-order valence-corrected chi connectivity index (χ1v) is 6.30. The minimum absolute atomic E-state index is 0.301. The molecule has 0 aliphatic rings. The van der Waals surface area contributed by atoms with Gasteiger partial charge in [0.25, 0.3) is 0 Å². The topological polar surface area (TPSA) is 38.3 Å². The Hall–Kier alpha value is -2.29. The van der Waals surface area contributed by atoms with Gasteiger partial charge in [-0.2, -0.15) is 0 Å². The predicted molar refractivity (Wildman–Crippen MR) is 76.4 cm³/mol. The van der Waals surface area contributed by atoms with Crippen LogP contribution in [0.25, 0.3) is 0 Å². The van der Waals surface area contributed by atoms with Gasteiger partial charge in [-0.15, -0.1) is 0 Å². The first-order valence-electron chi connectivity index (χ1n) is 6.30. The predicted octanol–water partition coefficient (Wildman–Crippen LogP) is 3.27. The van der Waals surface area contributed by atoms with Crippen LogP contribution in [0.1, 0.15) is 12.5 Å². The van der Waals surface area contributed by atoms with E-state index in [1.165, 1.54) is 12.5 Å². The van der Waals surface area contributed by atoms with E-state index in [2.05, 4.69) is 17.4 Å². The molecule has 0 saturated carbocycles. The Kier molecular flexibility index (Phi) is 4.56. The molecule has 1 N–H and O–H groups in total. The number of benzene rings is 2. The van der Waals surface area contributed by atoms with Gasteiger partial charge in [0.05, 0.1) is 0 Å². The molecule has 3 heteroatoms. The van der Waals surface area contributed by atoms with Crippen molar-refractivity contribution in [3.8, 4) is 5.75 Å². The fraction of sp³-hybridized carbons (Fsp3) is 0.188. The Morgan fingerprint density at radius 3 is 2.37 bits per heavy atom. The van der Waals surface area contributed by atoms with E-state index in [-0.39, 0.29) is 5.97 Å². The number of esters is 1. The molecule has 19 heavy (non-hydrogen) atoms. The molecule has 0 bridgehead atoms. The largest absolute Gasteiger partial charge is 0.427 e. The lowest BCUT2D eigenvalue weighted by Crippen LogP contribution is -2.05. The van der Waals surface area contributed by atoms with Gasteiger partial charge in [-0.3, -0.25) is 4.79 Å². The molecule has 0 saturated heterocycles. The number of carbonyl (C=O) groups excluding carboxylic acids is 1. The van der Waals surface area contributed by atoms with Crippen molar-refractivity contribution in [2.45, 2.75) is 13.3 Å². The fourth-order valence-corrected chi connectivity index (χ4v) is 1.80. The van der Waals surface area contributed by atoms with Gasteiger partial charge < -0.3 is 10.1 Å². The van der Waals surface area contributed by atoms with Crippen LogP contribution >= 0.6 is 0 Å². The molecule has 0 unspecified atom stereocenters. The summed E-state index contributed by atoms with van der Waals surface area (Å²) in [5, 5.41) is 3.33. The second-order valence-corrected chi connectivity index (χ2v) is 4.28.